The van der Waals surface area contributed by atoms with Gasteiger partial charge in [0.15, 0.2) is 0 Å². The zero-order chi connectivity index (χ0) is 13.7. The van der Waals surface area contributed by atoms with Crippen LogP contribution in [0.5, 0.6) is 5.75 Å². The smallest absolute Gasteiger partial charge is 0.255 e. The van der Waals surface area contributed by atoms with E-state index < -0.39 is 0 Å². The van der Waals surface area contributed by atoms with Gasteiger partial charge in [-0.15, -0.1) is 0 Å². The molecule has 19 heavy (non-hydrogen) atoms. The van der Waals surface area contributed by atoms with Gasteiger partial charge in [0.2, 0.25) is 0 Å². The molecule has 98 valence electrons. The minimum absolute atomic E-state index is 0.167. The van der Waals surface area contributed by atoms with Crippen LogP contribution < -0.4 is 15.8 Å². The van der Waals surface area contributed by atoms with Crippen molar-refractivity contribution >= 4 is 11.6 Å². The van der Waals surface area contributed by atoms with Crippen LogP contribution >= 0.6 is 0 Å². The lowest BCUT2D eigenvalue weighted by Crippen LogP contribution is -2.12. The lowest BCUT2D eigenvalue weighted by atomic mass is 10.1. The number of anilines is 1. The Kier molecular flexibility index (Phi) is 4.15. The lowest BCUT2D eigenvalue weighted by molar-refractivity contribution is 0.102. The number of nitrogens with two attached hydrogens (primary N) is 1. The molecule has 0 aliphatic carbocycles. The van der Waals surface area contributed by atoms with Gasteiger partial charge in [0.25, 0.3) is 5.91 Å². The summed E-state index contributed by atoms with van der Waals surface area (Å²) in [4.78, 5) is 12.0. The van der Waals surface area contributed by atoms with Gasteiger partial charge in [-0.25, -0.2) is 0 Å². The van der Waals surface area contributed by atoms with Gasteiger partial charge < -0.3 is 15.8 Å². The van der Waals surface area contributed by atoms with Gasteiger partial charge in [-0.3, -0.25) is 4.79 Å². The molecule has 0 heterocycles. The van der Waals surface area contributed by atoms with E-state index in [0.717, 1.165) is 5.56 Å². The normalized spacial score (nSPS) is 10.0. The molecule has 0 radical (unpaired) electrons. The zero-order valence-corrected chi connectivity index (χ0v) is 10.7. The quantitative estimate of drug-likeness (QED) is 0.883. The highest BCUT2D eigenvalue weighted by Crippen LogP contribution is 2.25. The Morgan fingerprint density at radius 3 is 2.58 bits per heavy atom. The number of methoxy groups -OCH3 is 1. The summed E-state index contributed by atoms with van der Waals surface area (Å²) in [5.41, 5.74) is 7.76. The molecule has 0 aliphatic rings. The number of hydrogen-bond donors (Lipinski definition) is 2. The second-order valence-corrected chi connectivity index (χ2v) is 4.06. The maximum atomic E-state index is 12.0. The molecule has 0 saturated heterocycles. The largest absolute Gasteiger partial charge is 0.495 e. The summed E-state index contributed by atoms with van der Waals surface area (Å²) in [6.45, 7) is 0.434. The topological polar surface area (TPSA) is 64.3 Å². The van der Waals surface area contributed by atoms with Crippen LogP contribution in [0.15, 0.2) is 48.5 Å². The molecule has 2 rings (SSSR count). The first-order valence-electron chi connectivity index (χ1n) is 5.98. The predicted octanol–water partition coefficient (Wildman–Crippen LogP) is 2.41. The van der Waals surface area contributed by atoms with Crippen molar-refractivity contribution in [3.05, 3.63) is 59.7 Å². The summed E-state index contributed by atoms with van der Waals surface area (Å²) >= 11 is 0. The number of carbonyl (C=O) groups excluding carboxylic acids is 1. The highest BCUT2D eigenvalue weighted by molar-refractivity contribution is 6.05. The lowest BCUT2D eigenvalue weighted by Gasteiger charge is -2.11. The molecule has 2 aromatic carbocycles. The summed E-state index contributed by atoms with van der Waals surface area (Å²) < 4.78 is 5.25. The van der Waals surface area contributed by atoms with Gasteiger partial charge in [0.1, 0.15) is 5.75 Å². The summed E-state index contributed by atoms with van der Waals surface area (Å²) in [6.07, 6.45) is 0. The zero-order valence-electron chi connectivity index (χ0n) is 10.7. The molecule has 0 aromatic heterocycles. The number of ether oxygens (including phenoxy) is 1. The average Bonchev–Trinajstić information content (AvgIpc) is 2.48. The molecule has 1 amide bonds. The van der Waals surface area contributed by atoms with Crippen LogP contribution in [0.4, 0.5) is 5.69 Å². The number of carbonyl (C=O) groups is 1. The van der Waals surface area contributed by atoms with Gasteiger partial charge in [-0.05, 0) is 29.8 Å². The average molecular weight is 256 g/mol. The second-order valence-electron chi connectivity index (χ2n) is 4.06. The molecule has 3 N–H and O–H groups in total. The fraction of sp³-hybridized carbons (Fsp3) is 0.133. The van der Waals surface area contributed by atoms with E-state index in [1.807, 2.05) is 30.3 Å². The monoisotopic (exact) mass is 256 g/mol. The number of benzene rings is 2. The Morgan fingerprint density at radius 1 is 1.21 bits per heavy atom. The van der Waals surface area contributed by atoms with Crippen LogP contribution in [0.2, 0.25) is 0 Å². The molecule has 0 saturated carbocycles. The van der Waals surface area contributed by atoms with E-state index in [1.54, 1.807) is 25.3 Å². The SMILES string of the molecule is COc1cc(CN)ccc1NC(=O)c1ccccc1. The van der Waals surface area contributed by atoms with Crippen molar-refractivity contribution in [3.8, 4) is 5.75 Å². The van der Waals surface area contributed by atoms with Gasteiger partial charge in [-0.1, -0.05) is 24.3 Å². The molecule has 2 aromatic rings. The number of nitrogens with one attached hydrogen (secondary N) is 1. The van der Waals surface area contributed by atoms with Crippen LogP contribution in [0.25, 0.3) is 0 Å². The Bertz CT molecular complexity index is 568. The molecule has 4 heteroatoms. The Labute approximate surface area is 112 Å². The summed E-state index contributed by atoms with van der Waals surface area (Å²) in [5, 5.41) is 2.82. The molecule has 0 aliphatic heterocycles. The van der Waals surface area contributed by atoms with Crippen molar-refractivity contribution in [1.82, 2.24) is 0 Å². The highest BCUT2D eigenvalue weighted by atomic mass is 16.5. The maximum absolute atomic E-state index is 12.0. The van der Waals surface area contributed by atoms with E-state index in [0.29, 0.717) is 23.5 Å². The number of rotatable bonds is 4. The number of amides is 1. The van der Waals surface area contributed by atoms with Crippen LogP contribution in [-0.4, -0.2) is 13.0 Å². The fourth-order valence-corrected chi connectivity index (χ4v) is 1.75. The van der Waals surface area contributed by atoms with Gasteiger partial charge >= 0.3 is 0 Å². The highest BCUT2D eigenvalue weighted by Gasteiger charge is 2.09. The molecule has 0 fully saturated rings. The van der Waals surface area contributed by atoms with E-state index in [4.69, 9.17) is 10.5 Å². The van der Waals surface area contributed by atoms with E-state index in [9.17, 15) is 4.79 Å². The molecule has 0 spiro atoms. The minimum Gasteiger partial charge on any atom is -0.495 e. The Morgan fingerprint density at radius 2 is 1.95 bits per heavy atom. The molecule has 0 bridgehead atoms. The van der Waals surface area contributed by atoms with E-state index in [-0.39, 0.29) is 5.91 Å². The first-order chi connectivity index (χ1) is 9.24. The van der Waals surface area contributed by atoms with E-state index in [2.05, 4.69) is 5.32 Å². The standard InChI is InChI=1S/C15H16N2O2/c1-19-14-9-11(10-16)7-8-13(14)17-15(18)12-5-3-2-4-6-12/h2-9H,10,16H2,1H3,(H,17,18). The van der Waals surface area contributed by atoms with Crippen LogP contribution in [0.3, 0.4) is 0 Å². The fourth-order valence-electron chi connectivity index (χ4n) is 1.75. The van der Waals surface area contributed by atoms with E-state index >= 15 is 0 Å². The number of hydrogen-bond acceptors (Lipinski definition) is 3. The molecule has 4 nitrogen and oxygen atoms in total. The Hall–Kier alpha value is -2.33. The van der Waals surface area contributed by atoms with E-state index in [1.165, 1.54) is 0 Å². The predicted molar refractivity (Wildman–Crippen MR) is 75.3 cm³/mol. The maximum Gasteiger partial charge on any atom is 0.255 e. The minimum atomic E-state index is -0.167. The molecule has 0 atom stereocenters. The molecular weight excluding hydrogens is 240 g/mol. The third kappa shape index (κ3) is 3.11. The van der Waals surface area contributed by atoms with Crippen molar-refractivity contribution in [3.63, 3.8) is 0 Å². The van der Waals surface area contributed by atoms with Crippen LogP contribution in [0, 0.1) is 0 Å². The van der Waals surface area contributed by atoms with Crippen LogP contribution in [-0.2, 0) is 6.54 Å². The summed E-state index contributed by atoms with van der Waals surface area (Å²) in [7, 11) is 1.56. The van der Waals surface area contributed by atoms with Crippen molar-refractivity contribution in [1.29, 1.82) is 0 Å². The first kappa shape index (κ1) is 13.1. The van der Waals surface area contributed by atoms with Crippen molar-refractivity contribution in [2.45, 2.75) is 6.54 Å². The third-order valence-corrected chi connectivity index (χ3v) is 2.79. The van der Waals surface area contributed by atoms with Gasteiger partial charge in [-0.2, -0.15) is 0 Å². The van der Waals surface area contributed by atoms with Crippen molar-refractivity contribution < 1.29 is 9.53 Å². The Balaban J connectivity index is 2.21. The summed E-state index contributed by atoms with van der Waals surface area (Å²) in [6, 6.07) is 14.5. The first-order valence-corrected chi connectivity index (χ1v) is 5.98. The van der Waals surface area contributed by atoms with Gasteiger partial charge in [0, 0.05) is 12.1 Å². The second kappa shape index (κ2) is 6.02. The molecular formula is C15H16N2O2. The van der Waals surface area contributed by atoms with Crippen molar-refractivity contribution in [2.24, 2.45) is 5.73 Å². The van der Waals surface area contributed by atoms with Crippen LogP contribution in [0.1, 0.15) is 15.9 Å². The van der Waals surface area contributed by atoms with Gasteiger partial charge in [0.05, 0.1) is 12.8 Å². The summed E-state index contributed by atoms with van der Waals surface area (Å²) in [5.74, 6) is 0.437. The third-order valence-electron chi connectivity index (χ3n) is 2.79. The van der Waals surface area contributed by atoms with Crippen molar-refractivity contribution in [2.75, 3.05) is 12.4 Å². The molecule has 0 unspecified atom stereocenters.